The van der Waals surface area contributed by atoms with Gasteiger partial charge in [-0.15, -0.1) is 0 Å². The topological polar surface area (TPSA) is 51.6 Å². The number of hydrogen-bond donors (Lipinski definition) is 0. The summed E-state index contributed by atoms with van der Waals surface area (Å²) >= 11 is 0. The van der Waals surface area contributed by atoms with E-state index in [1.807, 2.05) is 43.5 Å². The molecule has 8 rings (SSSR count). The molecule has 8 aromatic rings. The molecule has 192 valence electrons. The van der Waals surface area contributed by atoms with E-state index in [9.17, 15) is 0 Å². The molecule has 2 heterocycles. The van der Waals surface area contributed by atoms with Crippen molar-refractivity contribution in [2.45, 2.75) is 6.92 Å². The number of aromatic nitrogens is 4. The van der Waals surface area contributed by atoms with E-state index in [0.717, 1.165) is 72.2 Å². The molecule has 6 aromatic carbocycles. The zero-order valence-corrected chi connectivity index (χ0v) is 22.4. The molecule has 0 aliphatic rings. The summed E-state index contributed by atoms with van der Waals surface area (Å²) in [4.78, 5) is 19.7. The molecule has 41 heavy (non-hydrogen) atoms. The average molecular weight is 525 g/mol. The van der Waals surface area contributed by atoms with Crippen molar-refractivity contribution in [2.24, 2.45) is 0 Å². The van der Waals surface area contributed by atoms with Crippen LogP contribution in [-0.2, 0) is 0 Å². The summed E-state index contributed by atoms with van der Waals surface area (Å²) in [7, 11) is 0. The minimum absolute atomic E-state index is 0.870. The summed E-state index contributed by atoms with van der Waals surface area (Å²) in [5, 5.41) is 4.70. The molecule has 2 aromatic heterocycles. The molecule has 0 aliphatic carbocycles. The molecule has 0 saturated heterocycles. The Bertz CT molecular complexity index is 2290. The van der Waals surface area contributed by atoms with Gasteiger partial charge in [-0.3, -0.25) is 4.98 Å². The highest BCUT2D eigenvalue weighted by Gasteiger charge is 2.14. The number of nitrogens with zero attached hydrogens (tertiary/aromatic N) is 4. The third-order valence-electron chi connectivity index (χ3n) is 7.81. The van der Waals surface area contributed by atoms with Crippen molar-refractivity contribution in [3.8, 4) is 33.6 Å². The van der Waals surface area contributed by atoms with Crippen LogP contribution in [0.4, 0.5) is 0 Å². The number of benzene rings is 6. The molecular weight excluding hydrogens is 500 g/mol. The lowest BCUT2D eigenvalue weighted by Crippen LogP contribution is -1.96. The molecule has 0 saturated carbocycles. The van der Waals surface area contributed by atoms with Crippen molar-refractivity contribution < 1.29 is 0 Å². The van der Waals surface area contributed by atoms with Crippen molar-refractivity contribution in [1.82, 2.24) is 19.9 Å². The molecular formula is C37H24N4. The van der Waals surface area contributed by atoms with E-state index in [4.69, 9.17) is 15.0 Å². The number of rotatable bonds is 3. The van der Waals surface area contributed by atoms with Gasteiger partial charge in [0.05, 0.1) is 45.3 Å². The van der Waals surface area contributed by atoms with Crippen LogP contribution >= 0.6 is 0 Å². The van der Waals surface area contributed by atoms with Crippen molar-refractivity contribution in [1.29, 1.82) is 0 Å². The van der Waals surface area contributed by atoms with Gasteiger partial charge < -0.3 is 0 Å². The Morgan fingerprint density at radius 1 is 0.488 bits per heavy atom. The van der Waals surface area contributed by atoms with Gasteiger partial charge in [-0.1, -0.05) is 91.0 Å². The van der Waals surface area contributed by atoms with Gasteiger partial charge in [-0.2, -0.15) is 0 Å². The first kappa shape index (κ1) is 23.4. The smallest absolute Gasteiger partial charge is 0.0968 e. The lowest BCUT2D eigenvalue weighted by Gasteiger charge is -2.12. The fraction of sp³-hybridized carbons (Fsp3) is 0.0270. The van der Waals surface area contributed by atoms with Crippen LogP contribution in [0, 0.1) is 6.92 Å². The van der Waals surface area contributed by atoms with E-state index in [0.29, 0.717) is 0 Å². The molecule has 0 N–H and O–H groups in total. The molecule has 0 amide bonds. The van der Waals surface area contributed by atoms with E-state index in [-0.39, 0.29) is 0 Å². The van der Waals surface area contributed by atoms with Gasteiger partial charge in [0.25, 0.3) is 0 Å². The van der Waals surface area contributed by atoms with Crippen molar-refractivity contribution in [3.05, 3.63) is 133 Å². The Morgan fingerprint density at radius 2 is 1.20 bits per heavy atom. The first-order chi connectivity index (χ1) is 20.2. The van der Waals surface area contributed by atoms with E-state index in [1.54, 1.807) is 0 Å². The summed E-state index contributed by atoms with van der Waals surface area (Å²) in [5.41, 5.74) is 10.6. The van der Waals surface area contributed by atoms with Crippen LogP contribution in [0.2, 0.25) is 0 Å². The van der Waals surface area contributed by atoms with Crippen molar-refractivity contribution in [3.63, 3.8) is 0 Å². The van der Waals surface area contributed by atoms with Gasteiger partial charge in [-0.25, -0.2) is 15.0 Å². The molecule has 0 bridgehead atoms. The molecule has 0 atom stereocenters. The first-order valence-electron chi connectivity index (χ1n) is 13.7. The van der Waals surface area contributed by atoms with E-state index in [1.165, 1.54) is 10.8 Å². The highest BCUT2D eigenvalue weighted by molar-refractivity contribution is 6.01. The number of aryl methyl sites for hydroxylation is 1. The monoisotopic (exact) mass is 524 g/mol. The second-order valence-corrected chi connectivity index (χ2v) is 10.4. The van der Waals surface area contributed by atoms with Crippen molar-refractivity contribution in [2.75, 3.05) is 0 Å². The van der Waals surface area contributed by atoms with Gasteiger partial charge in [0, 0.05) is 16.7 Å². The second-order valence-electron chi connectivity index (χ2n) is 10.4. The highest BCUT2D eigenvalue weighted by atomic mass is 14.8. The molecule has 4 nitrogen and oxygen atoms in total. The minimum Gasteiger partial charge on any atom is -0.252 e. The lowest BCUT2D eigenvalue weighted by molar-refractivity contribution is 1.19. The van der Waals surface area contributed by atoms with Gasteiger partial charge in [-0.05, 0) is 64.4 Å². The number of hydrogen-bond acceptors (Lipinski definition) is 4. The van der Waals surface area contributed by atoms with Gasteiger partial charge in [0.1, 0.15) is 0 Å². The Labute approximate surface area is 237 Å². The zero-order chi connectivity index (χ0) is 27.3. The summed E-state index contributed by atoms with van der Waals surface area (Å²) in [6.07, 6.45) is 1.86. The SMILES string of the molecule is Cc1nc2c(-c3ccc4c(-c5cnc6ccccc6n5)cccc4c3)cccc2nc1-c1ccc2ccccc2c1. The summed E-state index contributed by atoms with van der Waals surface area (Å²) in [5.74, 6) is 0. The van der Waals surface area contributed by atoms with Crippen LogP contribution in [0.3, 0.4) is 0 Å². The summed E-state index contributed by atoms with van der Waals surface area (Å²) in [6.45, 7) is 2.05. The fourth-order valence-corrected chi connectivity index (χ4v) is 5.77. The van der Waals surface area contributed by atoms with E-state index >= 15 is 0 Å². The van der Waals surface area contributed by atoms with Crippen LogP contribution in [0.15, 0.2) is 128 Å². The predicted molar refractivity (Wildman–Crippen MR) is 169 cm³/mol. The molecule has 4 heteroatoms. The fourth-order valence-electron chi connectivity index (χ4n) is 5.77. The highest BCUT2D eigenvalue weighted by Crippen LogP contribution is 2.35. The van der Waals surface area contributed by atoms with Gasteiger partial charge in [0.15, 0.2) is 0 Å². The van der Waals surface area contributed by atoms with Crippen LogP contribution < -0.4 is 0 Å². The molecule has 0 fully saturated rings. The average Bonchev–Trinajstić information content (AvgIpc) is 3.03. The van der Waals surface area contributed by atoms with Gasteiger partial charge in [0.2, 0.25) is 0 Å². The van der Waals surface area contributed by atoms with Crippen LogP contribution in [0.5, 0.6) is 0 Å². The standard InChI is InChI=1S/C37H24N4/c1-23-36(28-17-16-24-8-2-3-9-25(24)20-28)41-34-15-7-11-30(37(34)39-23)27-18-19-29-26(21-27)10-6-12-31(29)35-22-38-32-13-4-5-14-33(32)40-35/h2-22H,1H3. The maximum absolute atomic E-state index is 5.10. The third-order valence-corrected chi connectivity index (χ3v) is 7.81. The summed E-state index contributed by atoms with van der Waals surface area (Å²) in [6, 6.07) is 42.0. The molecule has 0 aliphatic heterocycles. The van der Waals surface area contributed by atoms with Crippen LogP contribution in [-0.4, -0.2) is 19.9 Å². The Morgan fingerprint density at radius 3 is 2.12 bits per heavy atom. The lowest BCUT2D eigenvalue weighted by atomic mass is 9.96. The van der Waals surface area contributed by atoms with Gasteiger partial charge >= 0.3 is 0 Å². The number of para-hydroxylation sites is 3. The van der Waals surface area contributed by atoms with Crippen LogP contribution in [0.25, 0.3) is 77.3 Å². The Balaban J connectivity index is 1.23. The molecule has 0 radical (unpaired) electrons. The number of fused-ring (bicyclic) bond motifs is 4. The van der Waals surface area contributed by atoms with E-state index < -0.39 is 0 Å². The third kappa shape index (κ3) is 4.00. The Hall–Kier alpha value is -5.48. The summed E-state index contributed by atoms with van der Waals surface area (Å²) < 4.78 is 0. The molecule has 0 spiro atoms. The Kier molecular flexibility index (Phi) is 5.32. The quantitative estimate of drug-likeness (QED) is 0.231. The maximum Gasteiger partial charge on any atom is 0.0968 e. The largest absolute Gasteiger partial charge is 0.252 e. The second kappa shape index (κ2) is 9.32. The first-order valence-corrected chi connectivity index (χ1v) is 13.7. The normalized spacial score (nSPS) is 11.5. The molecule has 0 unspecified atom stereocenters. The zero-order valence-electron chi connectivity index (χ0n) is 22.4. The van der Waals surface area contributed by atoms with E-state index in [2.05, 4.69) is 96.0 Å². The minimum atomic E-state index is 0.870. The maximum atomic E-state index is 5.10. The predicted octanol–water partition coefficient (Wildman–Crippen LogP) is 9.19. The van der Waals surface area contributed by atoms with Crippen molar-refractivity contribution >= 4 is 43.6 Å². The van der Waals surface area contributed by atoms with Crippen LogP contribution in [0.1, 0.15) is 5.69 Å².